The predicted octanol–water partition coefficient (Wildman–Crippen LogP) is 3.97. The van der Waals surface area contributed by atoms with E-state index >= 15 is 0 Å². The van der Waals surface area contributed by atoms with Gasteiger partial charge in [-0.05, 0) is 51.7 Å². The molecule has 0 spiro atoms. The van der Waals surface area contributed by atoms with Crippen LogP contribution in [0.15, 0.2) is 18.2 Å². The summed E-state index contributed by atoms with van der Waals surface area (Å²) in [6.45, 7) is 5.46. The van der Waals surface area contributed by atoms with Crippen LogP contribution < -0.4 is 0 Å². The van der Waals surface area contributed by atoms with Crippen LogP contribution in [0.3, 0.4) is 0 Å². The number of halogens is 2. The number of rotatable bonds is 1. The van der Waals surface area contributed by atoms with Crippen molar-refractivity contribution in [2.45, 2.75) is 51.2 Å². The Balaban J connectivity index is 2.16. The molecule has 2 unspecified atom stereocenters. The van der Waals surface area contributed by atoms with Gasteiger partial charge in [0.15, 0.2) is 0 Å². The first-order chi connectivity index (χ1) is 10.7. The SMILES string of the molecule is CC(C)(C)OC(=O)N1CCC(c2c(F)cccc2F)CC1C#N. The lowest BCUT2D eigenvalue weighted by Gasteiger charge is -2.37. The fraction of sp³-hybridized carbons (Fsp3) is 0.529. The summed E-state index contributed by atoms with van der Waals surface area (Å²) in [5, 5.41) is 9.32. The summed E-state index contributed by atoms with van der Waals surface area (Å²) in [7, 11) is 0. The molecule has 6 heteroatoms. The molecule has 1 fully saturated rings. The fourth-order valence-electron chi connectivity index (χ4n) is 2.79. The number of ether oxygens (including phenoxy) is 1. The summed E-state index contributed by atoms with van der Waals surface area (Å²) in [6.07, 6.45) is -0.000386. The lowest BCUT2D eigenvalue weighted by Crippen LogP contribution is -2.47. The normalized spacial score (nSPS) is 21.7. The summed E-state index contributed by atoms with van der Waals surface area (Å²) < 4.78 is 33.1. The molecule has 1 heterocycles. The molecule has 2 rings (SSSR count). The highest BCUT2D eigenvalue weighted by Crippen LogP contribution is 2.35. The number of carbonyl (C=O) groups excluding carboxylic acids is 1. The van der Waals surface area contributed by atoms with Crippen molar-refractivity contribution in [1.82, 2.24) is 4.90 Å². The highest BCUT2D eigenvalue weighted by Gasteiger charge is 2.36. The number of carbonyl (C=O) groups is 1. The van der Waals surface area contributed by atoms with E-state index in [1.807, 2.05) is 6.07 Å². The van der Waals surface area contributed by atoms with Gasteiger partial charge in [-0.15, -0.1) is 0 Å². The van der Waals surface area contributed by atoms with Gasteiger partial charge in [-0.2, -0.15) is 5.26 Å². The van der Waals surface area contributed by atoms with Crippen LogP contribution in [0, 0.1) is 23.0 Å². The van der Waals surface area contributed by atoms with E-state index in [0.29, 0.717) is 6.42 Å². The lowest BCUT2D eigenvalue weighted by molar-refractivity contribution is 0.0140. The second-order valence-electron chi connectivity index (χ2n) is 6.68. The second kappa shape index (κ2) is 6.53. The van der Waals surface area contributed by atoms with Crippen LogP contribution in [0.5, 0.6) is 0 Å². The number of hydrogen-bond acceptors (Lipinski definition) is 3. The van der Waals surface area contributed by atoms with Crippen molar-refractivity contribution in [3.8, 4) is 6.07 Å². The second-order valence-corrected chi connectivity index (χ2v) is 6.68. The minimum Gasteiger partial charge on any atom is -0.444 e. The summed E-state index contributed by atoms with van der Waals surface area (Å²) in [5.74, 6) is -1.66. The molecule has 0 saturated carbocycles. The first kappa shape index (κ1) is 17.2. The Hall–Kier alpha value is -2.16. The smallest absolute Gasteiger partial charge is 0.411 e. The molecule has 1 amide bonds. The molecule has 124 valence electrons. The molecule has 1 saturated heterocycles. The van der Waals surface area contributed by atoms with E-state index in [4.69, 9.17) is 4.74 Å². The minimum atomic E-state index is -0.761. The predicted molar refractivity (Wildman–Crippen MR) is 80.7 cm³/mol. The maximum Gasteiger partial charge on any atom is 0.411 e. The minimum absolute atomic E-state index is 0.00316. The molecule has 0 N–H and O–H groups in total. The first-order valence-electron chi connectivity index (χ1n) is 7.56. The Morgan fingerprint density at radius 3 is 2.48 bits per heavy atom. The number of hydrogen-bond donors (Lipinski definition) is 0. The van der Waals surface area contributed by atoms with Crippen molar-refractivity contribution in [2.24, 2.45) is 0 Å². The molecule has 1 aliphatic heterocycles. The van der Waals surface area contributed by atoms with Gasteiger partial charge in [-0.25, -0.2) is 13.6 Å². The van der Waals surface area contributed by atoms with Crippen LogP contribution in [0.1, 0.15) is 45.1 Å². The van der Waals surface area contributed by atoms with Gasteiger partial charge < -0.3 is 4.74 Å². The molecular weight excluding hydrogens is 302 g/mol. The van der Waals surface area contributed by atoms with E-state index in [2.05, 4.69) is 0 Å². The van der Waals surface area contributed by atoms with Crippen molar-refractivity contribution in [3.63, 3.8) is 0 Å². The van der Waals surface area contributed by atoms with Gasteiger partial charge in [-0.1, -0.05) is 6.07 Å². The molecule has 2 atom stereocenters. The van der Waals surface area contributed by atoms with E-state index in [-0.39, 0.29) is 18.5 Å². The molecule has 0 aliphatic carbocycles. The summed E-state index contributed by atoms with van der Waals surface area (Å²) in [4.78, 5) is 13.5. The third kappa shape index (κ3) is 3.98. The third-order valence-corrected chi connectivity index (χ3v) is 3.79. The van der Waals surface area contributed by atoms with E-state index in [1.54, 1.807) is 20.8 Å². The van der Waals surface area contributed by atoms with Crippen LogP contribution in [0.25, 0.3) is 0 Å². The summed E-state index contributed by atoms with van der Waals surface area (Å²) in [6, 6.07) is 5.01. The molecule has 23 heavy (non-hydrogen) atoms. The summed E-state index contributed by atoms with van der Waals surface area (Å²) >= 11 is 0. The molecule has 0 aromatic heterocycles. The number of nitrogens with zero attached hydrogens (tertiary/aromatic N) is 2. The quantitative estimate of drug-likeness (QED) is 0.786. The lowest BCUT2D eigenvalue weighted by atomic mass is 9.85. The number of likely N-dealkylation sites (tertiary alicyclic amines) is 1. The van der Waals surface area contributed by atoms with Crippen molar-refractivity contribution >= 4 is 6.09 Å². The van der Waals surface area contributed by atoms with Crippen LogP contribution in [0.2, 0.25) is 0 Å². The Labute approximate surface area is 134 Å². The molecular formula is C17H20F2N2O2. The molecule has 1 aliphatic rings. The van der Waals surface area contributed by atoms with Crippen LogP contribution >= 0.6 is 0 Å². The van der Waals surface area contributed by atoms with Gasteiger partial charge in [0, 0.05) is 12.1 Å². The highest BCUT2D eigenvalue weighted by atomic mass is 19.1. The standard InChI is InChI=1S/C17H20F2N2O2/c1-17(2,3)23-16(22)21-8-7-11(9-12(21)10-20)15-13(18)5-4-6-14(15)19/h4-6,11-12H,7-9H2,1-3H3. The number of piperidine rings is 1. The maximum atomic E-state index is 13.9. The van der Waals surface area contributed by atoms with E-state index in [0.717, 1.165) is 0 Å². The highest BCUT2D eigenvalue weighted by molar-refractivity contribution is 5.69. The zero-order valence-electron chi connectivity index (χ0n) is 13.5. The van der Waals surface area contributed by atoms with E-state index in [9.17, 15) is 18.8 Å². The topological polar surface area (TPSA) is 53.3 Å². The molecule has 1 aromatic carbocycles. The van der Waals surface area contributed by atoms with Gasteiger partial charge in [-0.3, -0.25) is 4.90 Å². The van der Waals surface area contributed by atoms with Gasteiger partial charge in [0.05, 0.1) is 6.07 Å². The van der Waals surface area contributed by atoms with Gasteiger partial charge in [0.1, 0.15) is 23.3 Å². The van der Waals surface area contributed by atoms with E-state index in [1.165, 1.54) is 23.1 Å². The Morgan fingerprint density at radius 2 is 1.96 bits per heavy atom. The number of benzene rings is 1. The number of nitriles is 1. The van der Waals surface area contributed by atoms with Crippen LogP contribution in [-0.4, -0.2) is 29.2 Å². The van der Waals surface area contributed by atoms with Crippen LogP contribution in [-0.2, 0) is 4.74 Å². The zero-order chi connectivity index (χ0) is 17.2. The van der Waals surface area contributed by atoms with Crippen molar-refractivity contribution < 1.29 is 18.3 Å². The summed E-state index contributed by atoms with van der Waals surface area (Å²) in [5.41, 5.74) is -0.664. The van der Waals surface area contributed by atoms with Gasteiger partial charge >= 0.3 is 6.09 Å². The molecule has 4 nitrogen and oxygen atoms in total. The Morgan fingerprint density at radius 1 is 1.35 bits per heavy atom. The average molecular weight is 322 g/mol. The number of amides is 1. The average Bonchev–Trinajstić information content (AvgIpc) is 2.45. The van der Waals surface area contributed by atoms with Crippen molar-refractivity contribution in [3.05, 3.63) is 35.4 Å². The van der Waals surface area contributed by atoms with Gasteiger partial charge in [0.2, 0.25) is 0 Å². The monoisotopic (exact) mass is 322 g/mol. The van der Waals surface area contributed by atoms with Crippen molar-refractivity contribution in [2.75, 3.05) is 6.54 Å². The van der Waals surface area contributed by atoms with Gasteiger partial charge in [0.25, 0.3) is 0 Å². The van der Waals surface area contributed by atoms with Crippen molar-refractivity contribution in [1.29, 1.82) is 5.26 Å². The molecule has 0 bridgehead atoms. The van der Waals surface area contributed by atoms with Crippen LogP contribution in [0.4, 0.5) is 13.6 Å². The first-order valence-corrected chi connectivity index (χ1v) is 7.56. The Bertz CT molecular complexity index is 614. The zero-order valence-corrected chi connectivity index (χ0v) is 13.5. The Kier molecular flexibility index (Phi) is 4.88. The largest absolute Gasteiger partial charge is 0.444 e. The third-order valence-electron chi connectivity index (χ3n) is 3.79. The van der Waals surface area contributed by atoms with E-state index < -0.39 is 35.3 Å². The maximum absolute atomic E-state index is 13.9. The molecule has 0 radical (unpaired) electrons. The molecule has 1 aromatic rings. The fourth-order valence-corrected chi connectivity index (χ4v) is 2.79.